The molecule has 1 rings (SSSR count). The summed E-state index contributed by atoms with van der Waals surface area (Å²) in [7, 11) is 0. The molecule has 0 saturated heterocycles. The third-order valence-corrected chi connectivity index (χ3v) is 2.48. The summed E-state index contributed by atoms with van der Waals surface area (Å²) < 4.78 is 0. The number of aryl methyl sites for hydroxylation is 1. The molecule has 0 saturated carbocycles. The number of rotatable bonds is 4. The van der Waals surface area contributed by atoms with E-state index in [1.807, 2.05) is 26.0 Å². The molecule has 0 heteroatoms. The van der Waals surface area contributed by atoms with Gasteiger partial charge in [-0.3, -0.25) is 0 Å². The fourth-order valence-corrected chi connectivity index (χ4v) is 1.62. The molecule has 0 fully saturated rings. The van der Waals surface area contributed by atoms with E-state index in [9.17, 15) is 0 Å². The van der Waals surface area contributed by atoms with Crippen LogP contribution in [-0.2, 0) is 0 Å². The molecule has 0 spiro atoms. The lowest BCUT2D eigenvalue weighted by molar-refractivity contribution is 1.23. The van der Waals surface area contributed by atoms with Crippen LogP contribution < -0.4 is 0 Å². The number of allylic oxidation sites excluding steroid dienone is 1. The minimum atomic E-state index is 1.05. The summed E-state index contributed by atoms with van der Waals surface area (Å²) in [6.07, 6.45) is 9.16. The van der Waals surface area contributed by atoms with Gasteiger partial charge in [-0.05, 0) is 35.6 Å². The maximum atomic E-state index is 3.87. The van der Waals surface area contributed by atoms with Gasteiger partial charge in [0.15, 0.2) is 0 Å². The third kappa shape index (κ3) is 4.07. The van der Waals surface area contributed by atoms with Crippen LogP contribution in [-0.4, -0.2) is 0 Å². The molecule has 0 N–H and O–H groups in total. The van der Waals surface area contributed by atoms with E-state index in [2.05, 4.69) is 51.3 Å². The van der Waals surface area contributed by atoms with E-state index in [1.165, 1.54) is 16.7 Å². The Bertz CT molecular complexity index is 395. The molecule has 0 unspecified atom stereocenters. The highest BCUT2D eigenvalue weighted by Gasteiger charge is 2.03. The quantitative estimate of drug-likeness (QED) is 0.617. The maximum Gasteiger partial charge on any atom is -0.0115 e. The zero-order valence-electron chi connectivity index (χ0n) is 11.6. The van der Waals surface area contributed by atoms with Crippen LogP contribution in [0.1, 0.15) is 49.4 Å². The van der Waals surface area contributed by atoms with Crippen molar-refractivity contribution in [2.24, 2.45) is 0 Å². The minimum absolute atomic E-state index is 1.05. The number of hydrogen-bond donors (Lipinski definition) is 0. The van der Waals surface area contributed by atoms with Gasteiger partial charge in [0.1, 0.15) is 0 Å². The van der Waals surface area contributed by atoms with Gasteiger partial charge in [0, 0.05) is 0 Å². The summed E-state index contributed by atoms with van der Waals surface area (Å²) >= 11 is 0. The molecule has 0 atom stereocenters. The Morgan fingerprint density at radius 2 is 1.71 bits per heavy atom. The first-order chi connectivity index (χ1) is 8.24. The van der Waals surface area contributed by atoms with E-state index in [0.717, 1.165) is 12.0 Å². The average Bonchev–Trinajstić information content (AvgIpc) is 2.39. The lowest BCUT2D eigenvalue weighted by Crippen LogP contribution is -1.90. The van der Waals surface area contributed by atoms with Crippen molar-refractivity contribution in [3.05, 3.63) is 53.6 Å². The summed E-state index contributed by atoms with van der Waals surface area (Å²) in [6.45, 7) is 15.9. The van der Waals surface area contributed by atoms with E-state index in [0.29, 0.717) is 0 Å². The molecule has 1 aromatic rings. The zero-order chi connectivity index (χ0) is 13.3. The summed E-state index contributed by atoms with van der Waals surface area (Å²) in [5.41, 5.74) is 4.85. The predicted molar refractivity (Wildman–Crippen MR) is 82.0 cm³/mol. The standard InChI is InChI=1S/C15H18.C2H6/c1-5-8-9-15-12(4)10-11-13(6-2)14(15)7-3;1-2/h6-11H,2-3,5H2,1,4H3;1-2H3/b9-8-;. The van der Waals surface area contributed by atoms with Crippen molar-refractivity contribution in [2.45, 2.75) is 34.1 Å². The highest BCUT2D eigenvalue weighted by molar-refractivity contribution is 5.74. The lowest BCUT2D eigenvalue weighted by Gasteiger charge is -2.09. The molecule has 0 radical (unpaired) electrons. The molecule has 0 aliphatic rings. The molecule has 0 bridgehead atoms. The van der Waals surface area contributed by atoms with Crippen molar-refractivity contribution in [2.75, 3.05) is 0 Å². The summed E-state index contributed by atoms with van der Waals surface area (Å²) in [6, 6.07) is 4.21. The Balaban J connectivity index is 0.00000121. The van der Waals surface area contributed by atoms with E-state index < -0.39 is 0 Å². The Morgan fingerprint density at radius 1 is 1.06 bits per heavy atom. The first-order valence-electron chi connectivity index (χ1n) is 6.29. The highest BCUT2D eigenvalue weighted by atomic mass is 14.1. The van der Waals surface area contributed by atoms with Crippen LogP contribution in [0.15, 0.2) is 31.4 Å². The van der Waals surface area contributed by atoms with Gasteiger partial charge in [-0.2, -0.15) is 0 Å². The molecular formula is C17H24. The Hall–Kier alpha value is -1.56. The second-order valence-electron chi connectivity index (χ2n) is 3.52. The van der Waals surface area contributed by atoms with Crippen LogP contribution in [0, 0.1) is 6.92 Å². The van der Waals surface area contributed by atoms with Crippen LogP contribution in [0.5, 0.6) is 0 Å². The molecule has 0 amide bonds. The van der Waals surface area contributed by atoms with E-state index in [-0.39, 0.29) is 0 Å². The first kappa shape index (κ1) is 15.4. The lowest BCUT2D eigenvalue weighted by atomic mass is 9.96. The van der Waals surface area contributed by atoms with Crippen molar-refractivity contribution in [3.63, 3.8) is 0 Å². The van der Waals surface area contributed by atoms with E-state index >= 15 is 0 Å². The predicted octanol–water partition coefficient (Wildman–Crippen LogP) is 5.73. The Kier molecular flexibility index (Phi) is 7.79. The second kappa shape index (κ2) is 8.58. The van der Waals surface area contributed by atoms with Gasteiger partial charge in [-0.25, -0.2) is 0 Å². The number of benzene rings is 1. The molecule has 1 aromatic carbocycles. The molecule has 0 aliphatic carbocycles. The SMILES string of the molecule is C=Cc1ccc(C)c(/C=C\CC)c1C=C.CC. The summed E-state index contributed by atoms with van der Waals surface area (Å²) in [4.78, 5) is 0. The molecule has 17 heavy (non-hydrogen) atoms. The molecular weight excluding hydrogens is 204 g/mol. The van der Waals surface area contributed by atoms with Gasteiger partial charge in [0.2, 0.25) is 0 Å². The van der Waals surface area contributed by atoms with Gasteiger partial charge in [0.25, 0.3) is 0 Å². The second-order valence-corrected chi connectivity index (χ2v) is 3.52. The minimum Gasteiger partial charge on any atom is -0.0984 e. The van der Waals surface area contributed by atoms with Gasteiger partial charge in [0.05, 0.1) is 0 Å². The monoisotopic (exact) mass is 228 g/mol. The molecule has 0 aliphatic heterocycles. The fourth-order valence-electron chi connectivity index (χ4n) is 1.62. The van der Waals surface area contributed by atoms with Crippen LogP contribution in [0.25, 0.3) is 18.2 Å². The molecule has 0 aromatic heterocycles. The van der Waals surface area contributed by atoms with E-state index in [4.69, 9.17) is 0 Å². The zero-order valence-corrected chi connectivity index (χ0v) is 11.6. The first-order valence-corrected chi connectivity index (χ1v) is 6.29. The largest absolute Gasteiger partial charge is 0.0984 e. The normalized spacial score (nSPS) is 9.65. The summed E-state index contributed by atoms with van der Waals surface area (Å²) in [5.74, 6) is 0. The topological polar surface area (TPSA) is 0 Å². The third-order valence-electron chi connectivity index (χ3n) is 2.48. The highest BCUT2D eigenvalue weighted by Crippen LogP contribution is 2.22. The maximum absolute atomic E-state index is 3.87. The van der Waals surface area contributed by atoms with Gasteiger partial charge < -0.3 is 0 Å². The van der Waals surface area contributed by atoms with Crippen LogP contribution in [0.2, 0.25) is 0 Å². The Labute approximate surface area is 106 Å². The van der Waals surface area contributed by atoms with Crippen molar-refractivity contribution in [1.82, 2.24) is 0 Å². The van der Waals surface area contributed by atoms with Crippen molar-refractivity contribution in [3.8, 4) is 0 Å². The van der Waals surface area contributed by atoms with Crippen molar-refractivity contribution < 1.29 is 0 Å². The van der Waals surface area contributed by atoms with Gasteiger partial charge in [-0.15, -0.1) is 0 Å². The number of hydrogen-bond acceptors (Lipinski definition) is 0. The van der Waals surface area contributed by atoms with Gasteiger partial charge >= 0.3 is 0 Å². The summed E-state index contributed by atoms with van der Waals surface area (Å²) in [5, 5.41) is 0. The average molecular weight is 228 g/mol. The molecule has 92 valence electrons. The van der Waals surface area contributed by atoms with Crippen LogP contribution in [0.3, 0.4) is 0 Å². The van der Waals surface area contributed by atoms with Gasteiger partial charge in [-0.1, -0.05) is 70.4 Å². The van der Waals surface area contributed by atoms with Crippen molar-refractivity contribution >= 4 is 18.2 Å². The molecule has 0 heterocycles. The van der Waals surface area contributed by atoms with E-state index in [1.54, 1.807) is 0 Å². The fraction of sp³-hybridized carbons (Fsp3) is 0.294. The Morgan fingerprint density at radius 3 is 2.18 bits per heavy atom. The van der Waals surface area contributed by atoms with Crippen molar-refractivity contribution in [1.29, 1.82) is 0 Å². The van der Waals surface area contributed by atoms with Crippen LogP contribution >= 0.6 is 0 Å². The van der Waals surface area contributed by atoms with Crippen LogP contribution in [0.4, 0.5) is 0 Å². The smallest absolute Gasteiger partial charge is 0.0115 e. The molecule has 0 nitrogen and oxygen atoms in total.